The Bertz CT molecular complexity index is 391. The van der Waals surface area contributed by atoms with Crippen molar-refractivity contribution in [1.29, 1.82) is 0 Å². The van der Waals surface area contributed by atoms with Gasteiger partial charge in [0.1, 0.15) is 0 Å². The van der Waals surface area contributed by atoms with Crippen LogP contribution in [0.25, 0.3) is 0 Å². The van der Waals surface area contributed by atoms with E-state index in [2.05, 4.69) is 6.92 Å². The minimum Gasteiger partial charge on any atom is -0.377 e. The van der Waals surface area contributed by atoms with E-state index in [1.807, 2.05) is 7.11 Å². The molecule has 5 rings (SSSR count). The molecule has 0 saturated heterocycles. The maximum absolute atomic E-state index is 6.15. The van der Waals surface area contributed by atoms with Gasteiger partial charge >= 0.3 is 0 Å². The molecule has 1 heteroatoms. The van der Waals surface area contributed by atoms with Gasteiger partial charge in [0.2, 0.25) is 0 Å². The standard InChI is InChI=1S/C16H24O/c1-9-6-15-7-12(8-16(9,15)17-2)13-10-3-4-11(5-10)14(13)15/h9-14H,3-8H2,1-2H3. The highest BCUT2D eigenvalue weighted by Gasteiger charge is 2.80. The molecule has 94 valence electrons. The predicted octanol–water partition coefficient (Wildman–Crippen LogP) is 3.48. The van der Waals surface area contributed by atoms with Crippen LogP contribution in [0.5, 0.6) is 0 Å². The second kappa shape index (κ2) is 2.61. The van der Waals surface area contributed by atoms with Gasteiger partial charge in [-0.3, -0.25) is 0 Å². The molecular formula is C16H24O. The van der Waals surface area contributed by atoms with Crippen molar-refractivity contribution < 1.29 is 4.74 Å². The lowest BCUT2D eigenvalue weighted by molar-refractivity contribution is -0.251. The molecule has 0 aliphatic heterocycles. The van der Waals surface area contributed by atoms with Crippen molar-refractivity contribution in [3.05, 3.63) is 0 Å². The van der Waals surface area contributed by atoms with E-state index in [1.54, 1.807) is 19.3 Å². The first-order chi connectivity index (χ1) is 8.22. The molecule has 1 spiro atoms. The van der Waals surface area contributed by atoms with Crippen LogP contribution in [-0.4, -0.2) is 12.7 Å². The number of hydrogen-bond acceptors (Lipinski definition) is 1. The molecular weight excluding hydrogens is 208 g/mol. The van der Waals surface area contributed by atoms with Crippen molar-refractivity contribution in [3.8, 4) is 0 Å². The van der Waals surface area contributed by atoms with Crippen molar-refractivity contribution in [3.63, 3.8) is 0 Å². The van der Waals surface area contributed by atoms with Crippen LogP contribution in [0, 0.1) is 40.9 Å². The third kappa shape index (κ3) is 0.760. The van der Waals surface area contributed by atoms with Gasteiger partial charge < -0.3 is 4.74 Å². The van der Waals surface area contributed by atoms with Gasteiger partial charge in [0.15, 0.2) is 0 Å². The summed E-state index contributed by atoms with van der Waals surface area (Å²) in [6.45, 7) is 2.44. The molecule has 5 saturated carbocycles. The van der Waals surface area contributed by atoms with Crippen LogP contribution >= 0.6 is 0 Å². The van der Waals surface area contributed by atoms with Crippen LogP contribution in [0.4, 0.5) is 0 Å². The fourth-order valence-electron chi connectivity index (χ4n) is 7.98. The van der Waals surface area contributed by atoms with Crippen molar-refractivity contribution in [2.45, 2.75) is 51.0 Å². The van der Waals surface area contributed by atoms with Gasteiger partial charge in [-0.2, -0.15) is 0 Å². The summed E-state index contributed by atoms with van der Waals surface area (Å²) in [4.78, 5) is 0. The smallest absolute Gasteiger partial charge is 0.0766 e. The number of hydrogen-bond donors (Lipinski definition) is 0. The van der Waals surface area contributed by atoms with Gasteiger partial charge in [-0.15, -0.1) is 0 Å². The van der Waals surface area contributed by atoms with E-state index in [4.69, 9.17) is 4.74 Å². The minimum atomic E-state index is 0.323. The highest BCUT2D eigenvalue weighted by Crippen LogP contribution is 2.82. The average Bonchev–Trinajstić information content (AvgIpc) is 3.01. The SMILES string of the molecule is COC12CC3CC1(CC2C)C1C2CCC(C2)C31. The Morgan fingerprint density at radius 1 is 1.00 bits per heavy atom. The van der Waals surface area contributed by atoms with Crippen LogP contribution in [0.2, 0.25) is 0 Å². The Labute approximate surface area is 104 Å². The van der Waals surface area contributed by atoms with Gasteiger partial charge in [-0.1, -0.05) is 6.92 Å². The van der Waals surface area contributed by atoms with E-state index >= 15 is 0 Å². The first-order valence-electron chi connectivity index (χ1n) is 7.77. The maximum atomic E-state index is 6.15. The van der Waals surface area contributed by atoms with E-state index in [-0.39, 0.29) is 0 Å². The summed E-state index contributed by atoms with van der Waals surface area (Å²) in [6.07, 6.45) is 9.13. The van der Waals surface area contributed by atoms with Crippen molar-refractivity contribution in [1.82, 2.24) is 0 Å². The molecule has 0 radical (unpaired) electrons. The minimum absolute atomic E-state index is 0.323. The molecule has 8 unspecified atom stereocenters. The molecule has 5 aliphatic rings. The quantitative estimate of drug-likeness (QED) is 0.672. The van der Waals surface area contributed by atoms with Gasteiger partial charge in [-0.05, 0) is 74.0 Å². The normalized spacial score (nSPS) is 70.2. The molecule has 0 aromatic heterocycles. The monoisotopic (exact) mass is 232 g/mol. The Balaban J connectivity index is 1.63. The van der Waals surface area contributed by atoms with E-state index in [9.17, 15) is 0 Å². The largest absolute Gasteiger partial charge is 0.377 e. The lowest BCUT2D eigenvalue weighted by atomic mass is 9.44. The van der Waals surface area contributed by atoms with Crippen LogP contribution < -0.4 is 0 Å². The molecule has 5 fully saturated rings. The number of fused-ring (bicyclic) bond motifs is 7. The molecule has 4 bridgehead atoms. The molecule has 17 heavy (non-hydrogen) atoms. The lowest BCUT2D eigenvalue weighted by Crippen LogP contribution is -2.66. The van der Waals surface area contributed by atoms with Crippen molar-refractivity contribution in [2.75, 3.05) is 7.11 Å². The summed E-state index contributed by atoms with van der Waals surface area (Å²) < 4.78 is 6.15. The van der Waals surface area contributed by atoms with Gasteiger partial charge in [-0.25, -0.2) is 0 Å². The van der Waals surface area contributed by atoms with Gasteiger partial charge in [0.05, 0.1) is 5.60 Å². The Hall–Kier alpha value is -0.0400. The summed E-state index contributed by atoms with van der Waals surface area (Å²) >= 11 is 0. The predicted molar refractivity (Wildman–Crippen MR) is 66.5 cm³/mol. The number of ether oxygens (including phenoxy) is 1. The number of methoxy groups -OCH3 is 1. The molecule has 8 atom stereocenters. The number of rotatable bonds is 1. The summed E-state index contributed by atoms with van der Waals surface area (Å²) in [5.74, 6) is 6.30. The Morgan fingerprint density at radius 3 is 2.59 bits per heavy atom. The maximum Gasteiger partial charge on any atom is 0.0766 e. The van der Waals surface area contributed by atoms with Crippen molar-refractivity contribution >= 4 is 0 Å². The zero-order valence-electron chi connectivity index (χ0n) is 11.1. The second-order valence-corrected chi connectivity index (χ2v) is 7.96. The van der Waals surface area contributed by atoms with E-state index in [0.717, 1.165) is 35.5 Å². The molecule has 0 aromatic carbocycles. The summed E-state index contributed by atoms with van der Waals surface area (Å²) in [5, 5.41) is 0. The van der Waals surface area contributed by atoms with E-state index < -0.39 is 0 Å². The van der Waals surface area contributed by atoms with Gasteiger partial charge in [0, 0.05) is 12.5 Å². The van der Waals surface area contributed by atoms with E-state index in [1.165, 1.54) is 19.3 Å². The Kier molecular flexibility index (Phi) is 1.51. The molecule has 0 aromatic rings. The fourth-order valence-corrected chi connectivity index (χ4v) is 7.98. The summed E-state index contributed by atoms with van der Waals surface area (Å²) in [6, 6.07) is 0. The highest BCUT2D eigenvalue weighted by molar-refractivity contribution is 5.29. The molecule has 0 amide bonds. The average molecular weight is 232 g/mol. The molecule has 5 aliphatic carbocycles. The first-order valence-corrected chi connectivity index (χ1v) is 7.77. The third-order valence-corrected chi connectivity index (χ3v) is 8.03. The zero-order valence-corrected chi connectivity index (χ0v) is 11.1. The zero-order chi connectivity index (χ0) is 11.4. The van der Waals surface area contributed by atoms with Crippen LogP contribution in [0.3, 0.4) is 0 Å². The molecule has 1 nitrogen and oxygen atoms in total. The summed E-state index contributed by atoms with van der Waals surface area (Å²) in [5.41, 5.74) is 0.972. The Morgan fingerprint density at radius 2 is 1.82 bits per heavy atom. The van der Waals surface area contributed by atoms with Crippen LogP contribution in [0.1, 0.15) is 45.4 Å². The fraction of sp³-hybridized carbons (Fsp3) is 1.00. The van der Waals surface area contributed by atoms with Crippen LogP contribution in [0.15, 0.2) is 0 Å². The van der Waals surface area contributed by atoms with Crippen LogP contribution in [-0.2, 0) is 4.74 Å². The first kappa shape index (κ1) is 9.83. The molecule has 0 N–H and O–H groups in total. The third-order valence-electron chi connectivity index (χ3n) is 8.03. The second-order valence-electron chi connectivity index (χ2n) is 7.96. The topological polar surface area (TPSA) is 9.23 Å². The lowest BCUT2D eigenvalue weighted by Gasteiger charge is -2.65. The highest BCUT2D eigenvalue weighted by atomic mass is 16.5. The molecule has 0 heterocycles. The van der Waals surface area contributed by atoms with Crippen molar-refractivity contribution in [2.24, 2.45) is 40.9 Å². The van der Waals surface area contributed by atoms with Gasteiger partial charge in [0.25, 0.3) is 0 Å². The summed E-state index contributed by atoms with van der Waals surface area (Å²) in [7, 11) is 2.00. The van der Waals surface area contributed by atoms with E-state index in [0.29, 0.717) is 11.0 Å².